The van der Waals surface area contributed by atoms with Crippen LogP contribution in [-0.2, 0) is 4.74 Å². The number of nitrogens with one attached hydrogen (secondary N) is 2. The van der Waals surface area contributed by atoms with Gasteiger partial charge in [0.15, 0.2) is 0 Å². The van der Waals surface area contributed by atoms with Gasteiger partial charge in [-0.05, 0) is 31.1 Å². The predicted octanol–water partition coefficient (Wildman–Crippen LogP) is 1.23. The summed E-state index contributed by atoms with van der Waals surface area (Å²) in [6, 6.07) is 0. The molecule has 0 spiro atoms. The smallest absolute Gasteiger partial charge is 0.290 e. The van der Waals surface area contributed by atoms with Crippen LogP contribution in [-0.4, -0.2) is 40.8 Å². The SMILES string of the molecule is CC1(CNC(=O)c2n[nH]c(C3CC3)n2)CCOCC1. The second kappa shape index (κ2) is 4.92. The number of rotatable bonds is 4. The molecule has 1 aliphatic carbocycles. The standard InChI is InChI=1S/C13H20N4O2/c1-13(4-6-19-7-5-13)8-14-12(18)11-15-10(16-17-11)9-2-3-9/h9H,2-8H2,1H3,(H,14,18)(H,15,16,17). The van der Waals surface area contributed by atoms with Crippen molar-refractivity contribution in [1.29, 1.82) is 0 Å². The molecule has 1 saturated carbocycles. The quantitative estimate of drug-likeness (QED) is 0.857. The summed E-state index contributed by atoms with van der Waals surface area (Å²) in [6.45, 7) is 4.39. The summed E-state index contributed by atoms with van der Waals surface area (Å²) in [7, 11) is 0. The highest BCUT2D eigenvalue weighted by molar-refractivity contribution is 5.90. The molecule has 0 aromatic carbocycles. The summed E-state index contributed by atoms with van der Waals surface area (Å²) in [5.41, 5.74) is 0.129. The van der Waals surface area contributed by atoms with E-state index >= 15 is 0 Å². The zero-order valence-corrected chi connectivity index (χ0v) is 11.2. The Kier molecular flexibility index (Phi) is 3.26. The van der Waals surface area contributed by atoms with Gasteiger partial charge in [-0.2, -0.15) is 0 Å². The maximum absolute atomic E-state index is 12.0. The monoisotopic (exact) mass is 264 g/mol. The largest absolute Gasteiger partial charge is 0.381 e. The number of aromatic amines is 1. The van der Waals surface area contributed by atoms with Gasteiger partial charge in [-0.15, -0.1) is 5.10 Å². The first-order valence-corrected chi connectivity index (χ1v) is 6.95. The van der Waals surface area contributed by atoms with Gasteiger partial charge in [0.1, 0.15) is 5.82 Å². The fourth-order valence-electron chi connectivity index (χ4n) is 2.33. The van der Waals surface area contributed by atoms with Crippen LogP contribution in [0.3, 0.4) is 0 Å². The molecule has 2 heterocycles. The van der Waals surface area contributed by atoms with Crippen molar-refractivity contribution in [3.63, 3.8) is 0 Å². The summed E-state index contributed by atoms with van der Waals surface area (Å²) < 4.78 is 5.35. The number of carbonyl (C=O) groups excluding carboxylic acids is 1. The van der Waals surface area contributed by atoms with Crippen LogP contribution in [0.5, 0.6) is 0 Å². The normalized spacial score (nSPS) is 22.2. The number of amides is 1. The molecule has 104 valence electrons. The number of hydrogen-bond donors (Lipinski definition) is 2. The van der Waals surface area contributed by atoms with Crippen molar-refractivity contribution in [3.05, 3.63) is 11.6 Å². The minimum absolute atomic E-state index is 0.129. The highest BCUT2D eigenvalue weighted by Gasteiger charge is 2.30. The fourth-order valence-corrected chi connectivity index (χ4v) is 2.33. The van der Waals surface area contributed by atoms with E-state index in [4.69, 9.17) is 4.74 Å². The third-order valence-electron chi connectivity index (χ3n) is 4.05. The van der Waals surface area contributed by atoms with Crippen molar-refractivity contribution in [2.45, 2.75) is 38.5 Å². The Labute approximate surface area is 112 Å². The molecule has 1 aromatic rings. The Balaban J connectivity index is 1.55. The summed E-state index contributed by atoms with van der Waals surface area (Å²) in [4.78, 5) is 16.3. The predicted molar refractivity (Wildman–Crippen MR) is 68.9 cm³/mol. The third kappa shape index (κ3) is 2.94. The van der Waals surface area contributed by atoms with Crippen molar-refractivity contribution < 1.29 is 9.53 Å². The Bertz CT molecular complexity index is 461. The van der Waals surface area contributed by atoms with E-state index in [9.17, 15) is 4.79 Å². The van der Waals surface area contributed by atoms with Gasteiger partial charge in [0.2, 0.25) is 5.82 Å². The second-order valence-electron chi connectivity index (χ2n) is 5.92. The van der Waals surface area contributed by atoms with E-state index in [0.717, 1.165) is 44.7 Å². The first kappa shape index (κ1) is 12.6. The first-order chi connectivity index (χ1) is 9.16. The zero-order chi connectivity index (χ0) is 13.3. The van der Waals surface area contributed by atoms with E-state index in [1.807, 2.05) is 0 Å². The second-order valence-corrected chi connectivity index (χ2v) is 5.92. The van der Waals surface area contributed by atoms with Crippen LogP contribution in [0.1, 0.15) is 55.0 Å². The fraction of sp³-hybridized carbons (Fsp3) is 0.769. The van der Waals surface area contributed by atoms with Gasteiger partial charge in [-0.1, -0.05) is 6.92 Å². The van der Waals surface area contributed by atoms with E-state index in [0.29, 0.717) is 12.5 Å². The lowest BCUT2D eigenvalue weighted by Crippen LogP contribution is -2.39. The van der Waals surface area contributed by atoms with Crippen molar-refractivity contribution in [3.8, 4) is 0 Å². The van der Waals surface area contributed by atoms with Crippen LogP contribution in [0.15, 0.2) is 0 Å². The minimum atomic E-state index is -0.184. The molecule has 2 N–H and O–H groups in total. The van der Waals surface area contributed by atoms with Crippen LogP contribution in [0.4, 0.5) is 0 Å². The van der Waals surface area contributed by atoms with Crippen molar-refractivity contribution >= 4 is 5.91 Å². The molecule has 0 radical (unpaired) electrons. The van der Waals surface area contributed by atoms with Crippen LogP contribution in [0.25, 0.3) is 0 Å². The number of carbonyl (C=O) groups is 1. The van der Waals surface area contributed by atoms with Gasteiger partial charge in [0, 0.05) is 25.7 Å². The van der Waals surface area contributed by atoms with E-state index in [-0.39, 0.29) is 17.1 Å². The van der Waals surface area contributed by atoms with Crippen molar-refractivity contribution in [2.24, 2.45) is 5.41 Å². The Morgan fingerprint density at radius 1 is 1.47 bits per heavy atom. The Hall–Kier alpha value is -1.43. The third-order valence-corrected chi connectivity index (χ3v) is 4.05. The minimum Gasteiger partial charge on any atom is -0.381 e. The molecule has 3 rings (SSSR count). The number of ether oxygens (including phenoxy) is 1. The molecule has 6 heteroatoms. The van der Waals surface area contributed by atoms with E-state index in [1.165, 1.54) is 0 Å². The van der Waals surface area contributed by atoms with Crippen LogP contribution in [0.2, 0.25) is 0 Å². The number of hydrogen-bond acceptors (Lipinski definition) is 4. The maximum atomic E-state index is 12.0. The summed E-state index contributed by atoms with van der Waals surface area (Å²) in [5, 5.41) is 9.79. The topological polar surface area (TPSA) is 79.9 Å². The van der Waals surface area contributed by atoms with Crippen LogP contribution in [0, 0.1) is 5.41 Å². The number of nitrogens with zero attached hydrogens (tertiary/aromatic N) is 2. The molecule has 1 amide bonds. The lowest BCUT2D eigenvalue weighted by atomic mass is 9.82. The van der Waals surface area contributed by atoms with Gasteiger partial charge in [0.25, 0.3) is 5.91 Å². The Morgan fingerprint density at radius 3 is 2.89 bits per heavy atom. The molecule has 6 nitrogen and oxygen atoms in total. The van der Waals surface area contributed by atoms with E-state index in [2.05, 4.69) is 27.4 Å². The average molecular weight is 264 g/mol. The molecule has 19 heavy (non-hydrogen) atoms. The van der Waals surface area contributed by atoms with E-state index < -0.39 is 0 Å². The highest BCUT2D eigenvalue weighted by Crippen LogP contribution is 2.37. The summed E-state index contributed by atoms with van der Waals surface area (Å²) in [5.74, 6) is 1.41. The molecule has 0 unspecified atom stereocenters. The molecule has 0 atom stereocenters. The molecular formula is C13H20N4O2. The summed E-state index contributed by atoms with van der Waals surface area (Å²) >= 11 is 0. The first-order valence-electron chi connectivity index (χ1n) is 6.95. The zero-order valence-electron chi connectivity index (χ0n) is 11.2. The molecular weight excluding hydrogens is 244 g/mol. The number of H-pyrrole nitrogens is 1. The van der Waals surface area contributed by atoms with Crippen LogP contribution < -0.4 is 5.32 Å². The lowest BCUT2D eigenvalue weighted by molar-refractivity contribution is 0.0238. The highest BCUT2D eigenvalue weighted by atomic mass is 16.5. The van der Waals surface area contributed by atoms with Crippen LogP contribution >= 0.6 is 0 Å². The molecule has 1 aromatic heterocycles. The molecule has 1 aliphatic heterocycles. The molecule has 2 aliphatic rings. The average Bonchev–Trinajstić information content (AvgIpc) is 3.15. The van der Waals surface area contributed by atoms with Crippen molar-refractivity contribution in [1.82, 2.24) is 20.5 Å². The lowest BCUT2D eigenvalue weighted by Gasteiger charge is -2.33. The van der Waals surface area contributed by atoms with E-state index in [1.54, 1.807) is 0 Å². The van der Waals surface area contributed by atoms with Gasteiger partial charge in [-0.25, -0.2) is 4.98 Å². The number of aromatic nitrogens is 3. The van der Waals surface area contributed by atoms with Gasteiger partial charge in [-0.3, -0.25) is 9.89 Å². The van der Waals surface area contributed by atoms with Gasteiger partial charge in [0.05, 0.1) is 0 Å². The Morgan fingerprint density at radius 2 is 2.21 bits per heavy atom. The molecule has 1 saturated heterocycles. The van der Waals surface area contributed by atoms with Crippen molar-refractivity contribution in [2.75, 3.05) is 19.8 Å². The molecule has 2 fully saturated rings. The van der Waals surface area contributed by atoms with Gasteiger partial charge < -0.3 is 10.1 Å². The molecule has 0 bridgehead atoms. The summed E-state index contributed by atoms with van der Waals surface area (Å²) in [6.07, 6.45) is 4.26. The maximum Gasteiger partial charge on any atom is 0.290 e. The van der Waals surface area contributed by atoms with Gasteiger partial charge >= 0.3 is 0 Å².